The van der Waals surface area contributed by atoms with Gasteiger partial charge in [-0.1, -0.05) is 0 Å². The van der Waals surface area contributed by atoms with Crippen molar-refractivity contribution in [2.75, 3.05) is 54.2 Å². The molecular formula is C26H34N8O3S. The molecule has 1 aliphatic rings. The third-order valence-corrected chi connectivity index (χ3v) is 7.07. The zero-order valence-electron chi connectivity index (χ0n) is 22.2. The highest BCUT2D eigenvalue weighted by atomic mass is 32.2. The number of ether oxygens (including phenoxy) is 1. The minimum atomic E-state index is -0.260. The predicted octanol–water partition coefficient (Wildman–Crippen LogP) is 3.14. The Morgan fingerprint density at radius 2 is 2.03 bits per heavy atom. The summed E-state index contributed by atoms with van der Waals surface area (Å²) in [5, 5.41) is 9.84. The molecular weight excluding hydrogens is 504 g/mol. The Balaban J connectivity index is 1.50. The van der Waals surface area contributed by atoms with E-state index in [1.54, 1.807) is 42.9 Å². The lowest BCUT2D eigenvalue weighted by atomic mass is 10.2. The van der Waals surface area contributed by atoms with Crippen molar-refractivity contribution in [1.29, 1.82) is 0 Å². The summed E-state index contributed by atoms with van der Waals surface area (Å²) in [7, 11) is 3.50. The Bertz CT molecular complexity index is 1250. The second-order valence-corrected chi connectivity index (χ2v) is 10.2. The van der Waals surface area contributed by atoms with Crippen LogP contribution in [0.1, 0.15) is 19.5 Å². The topological polar surface area (TPSA) is 118 Å². The molecule has 12 heteroatoms. The molecule has 0 bridgehead atoms. The van der Waals surface area contributed by atoms with Crippen LogP contribution in [0.2, 0.25) is 0 Å². The molecule has 1 aliphatic heterocycles. The number of nitrogens with one attached hydrogen (secondary N) is 2. The number of hydrogen-bond acceptors (Lipinski definition) is 8. The van der Waals surface area contributed by atoms with Crippen LogP contribution in [0.15, 0.2) is 42.7 Å². The monoisotopic (exact) mass is 538 g/mol. The summed E-state index contributed by atoms with van der Waals surface area (Å²) >= 11 is 1.71. The molecule has 3 heterocycles. The van der Waals surface area contributed by atoms with Crippen LogP contribution in [0, 0.1) is 0 Å². The molecule has 2 aromatic heterocycles. The molecule has 3 amide bonds. The number of carbonyl (C=O) groups is 2. The lowest BCUT2D eigenvalue weighted by Crippen LogP contribution is -2.44. The van der Waals surface area contributed by atoms with Gasteiger partial charge in [-0.25, -0.2) is 14.8 Å². The van der Waals surface area contributed by atoms with E-state index in [0.717, 1.165) is 29.4 Å². The molecule has 0 unspecified atom stereocenters. The number of anilines is 3. The van der Waals surface area contributed by atoms with Gasteiger partial charge < -0.3 is 20.3 Å². The highest BCUT2D eigenvalue weighted by molar-refractivity contribution is 7.98. The van der Waals surface area contributed by atoms with Gasteiger partial charge in [0.1, 0.15) is 5.82 Å². The Morgan fingerprint density at radius 1 is 1.24 bits per heavy atom. The van der Waals surface area contributed by atoms with Crippen LogP contribution in [-0.4, -0.2) is 76.8 Å². The summed E-state index contributed by atoms with van der Waals surface area (Å²) in [4.78, 5) is 37.3. The van der Waals surface area contributed by atoms with E-state index in [1.165, 1.54) is 11.8 Å². The molecule has 0 aliphatic carbocycles. The summed E-state index contributed by atoms with van der Waals surface area (Å²) in [6, 6.07) is 9.51. The third-order valence-electron chi connectivity index (χ3n) is 6.08. The van der Waals surface area contributed by atoms with Gasteiger partial charge >= 0.3 is 6.03 Å². The smallest absolute Gasteiger partial charge is 0.326 e. The SMILES string of the molecule is CC(=O)NCCSCc1cc(N2CCOC[C@@H]2C)nc(-c2ccc(NC(=O)N(C)c3cnn(C)c3)cc2)n1. The standard InChI is InChI=1S/C26H34N8O3S/c1-18-16-37-11-10-34(18)24-13-22(17-38-12-9-27-19(2)35)29-25(31-24)20-5-7-21(8-6-20)30-26(36)33(4)23-14-28-32(3)15-23/h5-8,13-15,18H,9-12,16-17H2,1-4H3,(H,27,35)(H,30,36)/t18-/m0/s1. The number of urea groups is 1. The van der Waals surface area contributed by atoms with Gasteiger partial charge in [0.2, 0.25) is 5.91 Å². The molecule has 38 heavy (non-hydrogen) atoms. The van der Waals surface area contributed by atoms with E-state index in [-0.39, 0.29) is 18.0 Å². The van der Waals surface area contributed by atoms with Crippen LogP contribution >= 0.6 is 11.8 Å². The Hall–Kier alpha value is -3.64. The Morgan fingerprint density at radius 3 is 2.71 bits per heavy atom. The molecule has 4 rings (SSSR count). The molecule has 1 saturated heterocycles. The van der Waals surface area contributed by atoms with Gasteiger partial charge in [-0.2, -0.15) is 16.9 Å². The summed E-state index contributed by atoms with van der Waals surface area (Å²) < 4.78 is 7.26. The lowest BCUT2D eigenvalue weighted by Gasteiger charge is -2.34. The lowest BCUT2D eigenvalue weighted by molar-refractivity contribution is -0.118. The number of carbonyl (C=O) groups excluding carboxylic acids is 2. The van der Waals surface area contributed by atoms with Crippen LogP contribution in [0.25, 0.3) is 11.4 Å². The molecule has 1 aromatic carbocycles. The number of benzene rings is 1. The number of hydrogen-bond donors (Lipinski definition) is 2. The second-order valence-electron chi connectivity index (χ2n) is 9.13. The third kappa shape index (κ3) is 7.23. The van der Waals surface area contributed by atoms with E-state index in [0.29, 0.717) is 42.7 Å². The zero-order valence-corrected chi connectivity index (χ0v) is 23.0. The average molecular weight is 539 g/mol. The summed E-state index contributed by atoms with van der Waals surface area (Å²) in [6.45, 7) is 6.35. The van der Waals surface area contributed by atoms with Crippen LogP contribution in [-0.2, 0) is 22.3 Å². The molecule has 2 N–H and O–H groups in total. The van der Waals surface area contributed by atoms with Gasteiger partial charge in [0.15, 0.2) is 5.82 Å². The first-order chi connectivity index (χ1) is 18.3. The normalized spacial score (nSPS) is 15.3. The minimum absolute atomic E-state index is 0.0260. The van der Waals surface area contributed by atoms with E-state index < -0.39 is 0 Å². The molecule has 1 atom stereocenters. The van der Waals surface area contributed by atoms with Crippen molar-refractivity contribution < 1.29 is 14.3 Å². The van der Waals surface area contributed by atoms with E-state index in [4.69, 9.17) is 14.7 Å². The van der Waals surface area contributed by atoms with Gasteiger partial charge in [-0.15, -0.1) is 0 Å². The number of aromatic nitrogens is 4. The minimum Gasteiger partial charge on any atom is -0.377 e. The first-order valence-electron chi connectivity index (χ1n) is 12.5. The molecule has 3 aromatic rings. The fraction of sp³-hybridized carbons (Fsp3) is 0.423. The molecule has 1 fully saturated rings. The molecule has 11 nitrogen and oxygen atoms in total. The van der Waals surface area contributed by atoms with E-state index in [9.17, 15) is 9.59 Å². The predicted molar refractivity (Wildman–Crippen MR) is 151 cm³/mol. The first kappa shape index (κ1) is 27.4. The Kier molecular flexibility index (Phi) is 9.19. The van der Waals surface area contributed by atoms with Gasteiger partial charge in [0.25, 0.3) is 0 Å². The van der Waals surface area contributed by atoms with Gasteiger partial charge in [-0.3, -0.25) is 14.4 Å². The fourth-order valence-corrected chi connectivity index (χ4v) is 4.73. The molecule has 0 radical (unpaired) electrons. The number of nitrogens with zero attached hydrogens (tertiary/aromatic N) is 6. The number of aryl methyl sites for hydroxylation is 1. The quantitative estimate of drug-likeness (QED) is 0.399. The van der Waals surface area contributed by atoms with Crippen LogP contribution < -0.4 is 20.4 Å². The first-order valence-corrected chi connectivity index (χ1v) is 13.6. The maximum absolute atomic E-state index is 12.7. The van der Waals surface area contributed by atoms with E-state index in [1.807, 2.05) is 30.3 Å². The molecule has 202 valence electrons. The van der Waals surface area contributed by atoms with Crippen LogP contribution in [0.5, 0.6) is 0 Å². The van der Waals surface area contributed by atoms with Crippen LogP contribution in [0.3, 0.4) is 0 Å². The summed E-state index contributed by atoms with van der Waals surface area (Å²) in [6.07, 6.45) is 3.41. The number of morpholine rings is 1. The largest absolute Gasteiger partial charge is 0.377 e. The van der Waals surface area contributed by atoms with Crippen molar-refractivity contribution in [2.24, 2.45) is 7.05 Å². The maximum atomic E-state index is 12.7. The molecule has 0 spiro atoms. The van der Waals surface area contributed by atoms with Crippen molar-refractivity contribution >= 4 is 40.9 Å². The van der Waals surface area contributed by atoms with Crippen molar-refractivity contribution in [2.45, 2.75) is 25.6 Å². The maximum Gasteiger partial charge on any atom is 0.326 e. The van der Waals surface area contributed by atoms with Crippen molar-refractivity contribution in [3.63, 3.8) is 0 Å². The van der Waals surface area contributed by atoms with Crippen molar-refractivity contribution in [3.05, 3.63) is 48.4 Å². The van der Waals surface area contributed by atoms with Gasteiger partial charge in [-0.05, 0) is 31.2 Å². The Labute approximate surface area is 227 Å². The van der Waals surface area contributed by atoms with Crippen molar-refractivity contribution in [1.82, 2.24) is 25.1 Å². The number of amides is 3. The van der Waals surface area contributed by atoms with Crippen LogP contribution in [0.4, 0.5) is 22.0 Å². The highest BCUT2D eigenvalue weighted by Gasteiger charge is 2.22. The summed E-state index contributed by atoms with van der Waals surface area (Å²) in [5.41, 5.74) is 3.15. The summed E-state index contributed by atoms with van der Waals surface area (Å²) in [5.74, 6) is 2.98. The molecule has 0 saturated carbocycles. The highest BCUT2D eigenvalue weighted by Crippen LogP contribution is 2.26. The van der Waals surface area contributed by atoms with Gasteiger partial charge in [0, 0.05) is 69.1 Å². The number of rotatable bonds is 9. The van der Waals surface area contributed by atoms with Crippen molar-refractivity contribution in [3.8, 4) is 11.4 Å². The second kappa shape index (κ2) is 12.7. The average Bonchev–Trinajstić information content (AvgIpc) is 3.34. The van der Waals surface area contributed by atoms with Gasteiger partial charge in [0.05, 0.1) is 36.8 Å². The number of thioether (sulfide) groups is 1. The van der Waals surface area contributed by atoms with E-state index in [2.05, 4.69) is 27.6 Å². The zero-order chi connectivity index (χ0) is 27.1. The van der Waals surface area contributed by atoms with E-state index >= 15 is 0 Å². The fourth-order valence-electron chi connectivity index (χ4n) is 3.99.